The van der Waals surface area contributed by atoms with Crippen molar-refractivity contribution in [1.82, 2.24) is 14.8 Å². The van der Waals surface area contributed by atoms with E-state index in [2.05, 4.69) is 27.4 Å². The number of nitrogens with one attached hydrogen (secondary N) is 2. The third-order valence-electron chi connectivity index (χ3n) is 6.53. The second-order valence-corrected chi connectivity index (χ2v) is 9.73. The van der Waals surface area contributed by atoms with Gasteiger partial charge in [-0.25, -0.2) is 0 Å². The van der Waals surface area contributed by atoms with Gasteiger partial charge in [-0.3, -0.25) is 19.5 Å². The molecule has 12 heteroatoms. The molecule has 3 aromatic rings. The quantitative estimate of drug-likeness (QED) is 0.401. The Kier molecular flexibility index (Phi) is 9.04. The van der Waals surface area contributed by atoms with Crippen molar-refractivity contribution in [2.45, 2.75) is 19.6 Å². The van der Waals surface area contributed by atoms with Crippen molar-refractivity contribution in [2.75, 3.05) is 43.4 Å². The molecule has 1 fully saturated rings. The third kappa shape index (κ3) is 7.35. The minimum absolute atomic E-state index is 0.0260. The van der Waals surface area contributed by atoms with E-state index in [9.17, 15) is 22.8 Å². The van der Waals surface area contributed by atoms with Gasteiger partial charge >= 0.3 is 6.18 Å². The number of pyridine rings is 1. The lowest BCUT2D eigenvalue weighted by Crippen LogP contribution is -2.45. The number of halogens is 4. The number of hydrogen-bond donors (Lipinski definition) is 2. The Morgan fingerprint density at radius 2 is 1.62 bits per heavy atom. The first-order valence-corrected chi connectivity index (χ1v) is 12.9. The van der Waals surface area contributed by atoms with Crippen LogP contribution < -0.4 is 10.6 Å². The summed E-state index contributed by atoms with van der Waals surface area (Å²) < 4.78 is 41.9. The molecule has 2 heterocycles. The van der Waals surface area contributed by atoms with Crippen LogP contribution in [0.2, 0.25) is 5.02 Å². The van der Waals surface area contributed by atoms with Gasteiger partial charge in [-0.2, -0.15) is 18.4 Å². The molecule has 0 aliphatic carbocycles. The Bertz CT molecular complexity index is 1450. The molecule has 1 saturated heterocycles. The predicted octanol–water partition coefficient (Wildman–Crippen LogP) is 5.27. The Morgan fingerprint density at radius 1 is 0.950 bits per heavy atom. The molecule has 2 amide bonds. The summed E-state index contributed by atoms with van der Waals surface area (Å²) in [6.07, 6.45) is -2.02. The van der Waals surface area contributed by atoms with Crippen molar-refractivity contribution < 1.29 is 22.8 Å². The maximum atomic E-state index is 14.0. The van der Waals surface area contributed by atoms with Gasteiger partial charge in [0, 0.05) is 67.1 Å². The molecule has 208 valence electrons. The number of rotatable bonds is 7. The summed E-state index contributed by atoms with van der Waals surface area (Å²) in [4.78, 5) is 33.6. The van der Waals surface area contributed by atoms with Gasteiger partial charge < -0.3 is 15.5 Å². The molecule has 0 bridgehead atoms. The van der Waals surface area contributed by atoms with E-state index in [-0.39, 0.29) is 45.2 Å². The first kappa shape index (κ1) is 29.0. The molecular weight excluding hydrogens is 545 g/mol. The Balaban J connectivity index is 1.49. The summed E-state index contributed by atoms with van der Waals surface area (Å²) in [6.45, 7) is 6.08. The minimum Gasteiger partial charge on any atom is -0.322 e. The molecule has 0 unspecified atom stereocenters. The van der Waals surface area contributed by atoms with Gasteiger partial charge in [-0.15, -0.1) is 0 Å². The molecule has 1 aromatic heterocycles. The van der Waals surface area contributed by atoms with E-state index in [0.29, 0.717) is 13.1 Å². The van der Waals surface area contributed by atoms with E-state index in [4.69, 9.17) is 16.9 Å². The van der Waals surface area contributed by atoms with Crippen LogP contribution in [0.5, 0.6) is 0 Å². The van der Waals surface area contributed by atoms with Crippen LogP contribution in [0.25, 0.3) is 0 Å². The average Bonchev–Trinajstić information content (AvgIpc) is 2.93. The molecule has 4 rings (SSSR count). The van der Waals surface area contributed by atoms with E-state index in [0.717, 1.165) is 25.7 Å². The van der Waals surface area contributed by atoms with Crippen molar-refractivity contribution in [1.29, 1.82) is 5.26 Å². The van der Waals surface area contributed by atoms with Crippen molar-refractivity contribution in [3.05, 3.63) is 87.7 Å². The number of aromatic nitrogens is 1. The van der Waals surface area contributed by atoms with E-state index in [1.165, 1.54) is 48.8 Å². The Morgan fingerprint density at radius 3 is 2.30 bits per heavy atom. The number of likely N-dealkylation sites (N-methyl/N-ethyl adjacent to an activating group) is 1. The summed E-state index contributed by atoms with van der Waals surface area (Å²) in [5.41, 5.74) is -0.174. The lowest BCUT2D eigenvalue weighted by Gasteiger charge is -2.34. The van der Waals surface area contributed by atoms with Crippen molar-refractivity contribution in [2.24, 2.45) is 0 Å². The molecule has 40 heavy (non-hydrogen) atoms. The Hall–Kier alpha value is -3.98. The van der Waals surface area contributed by atoms with Crippen LogP contribution in [0.3, 0.4) is 0 Å². The van der Waals surface area contributed by atoms with Crippen LogP contribution >= 0.6 is 11.6 Å². The first-order chi connectivity index (χ1) is 19.0. The molecule has 1 aliphatic rings. The van der Waals surface area contributed by atoms with E-state index >= 15 is 0 Å². The van der Waals surface area contributed by atoms with E-state index in [1.54, 1.807) is 0 Å². The predicted molar refractivity (Wildman–Crippen MR) is 145 cm³/mol. The molecule has 1 aliphatic heterocycles. The van der Waals surface area contributed by atoms with Crippen LogP contribution in [0.4, 0.5) is 24.5 Å². The zero-order valence-corrected chi connectivity index (χ0v) is 22.3. The summed E-state index contributed by atoms with van der Waals surface area (Å²) >= 11 is 6.15. The average molecular weight is 571 g/mol. The van der Waals surface area contributed by atoms with Crippen molar-refractivity contribution in [3.8, 4) is 6.07 Å². The van der Waals surface area contributed by atoms with E-state index in [1.807, 2.05) is 11.0 Å². The number of amides is 2. The number of hydrogen-bond acceptors (Lipinski definition) is 6. The van der Waals surface area contributed by atoms with Gasteiger partial charge in [0.2, 0.25) is 0 Å². The van der Waals surface area contributed by atoms with Crippen LogP contribution in [0.15, 0.2) is 54.9 Å². The number of nitrogens with zero attached hydrogens (tertiary/aromatic N) is 4. The summed E-state index contributed by atoms with van der Waals surface area (Å²) in [5, 5.41) is 14.2. The number of piperazine rings is 1. The van der Waals surface area contributed by atoms with Crippen molar-refractivity contribution in [3.63, 3.8) is 0 Å². The molecule has 0 radical (unpaired) electrons. The molecule has 0 atom stereocenters. The second-order valence-electron chi connectivity index (χ2n) is 9.29. The van der Waals surface area contributed by atoms with Crippen LogP contribution in [0.1, 0.15) is 44.3 Å². The van der Waals surface area contributed by atoms with Crippen molar-refractivity contribution >= 4 is 34.8 Å². The van der Waals surface area contributed by atoms with Gasteiger partial charge in [0.25, 0.3) is 11.8 Å². The standard InChI is InChI=1S/C28H26ClF3N6O2/c1-2-37-5-7-38(8-6-37)17-19-3-4-23(13-25(19)28(30,31)32)35-26(39)20-10-22(29)12-24(11-20)36-27(40)21-9-18(14-33)15-34-16-21/h3-4,9-13,15-16H,2,5-8,17H2,1H3,(H,35,39)(H,36,40). The maximum absolute atomic E-state index is 14.0. The van der Waals surface area contributed by atoms with Crippen LogP contribution in [0, 0.1) is 11.3 Å². The fraction of sp³-hybridized carbons (Fsp3) is 0.286. The van der Waals surface area contributed by atoms with E-state index < -0.39 is 23.6 Å². The lowest BCUT2D eigenvalue weighted by atomic mass is 10.0. The minimum atomic E-state index is -4.60. The highest BCUT2D eigenvalue weighted by Crippen LogP contribution is 2.35. The highest BCUT2D eigenvalue weighted by Gasteiger charge is 2.34. The molecule has 8 nitrogen and oxygen atoms in total. The molecule has 0 saturated carbocycles. The van der Waals surface area contributed by atoms with Crippen LogP contribution in [-0.4, -0.2) is 59.3 Å². The molecule has 2 N–H and O–H groups in total. The first-order valence-electron chi connectivity index (χ1n) is 12.5. The fourth-order valence-corrected chi connectivity index (χ4v) is 4.62. The van der Waals surface area contributed by atoms with Gasteiger partial charge in [-0.05, 0) is 48.5 Å². The molecule has 2 aromatic carbocycles. The van der Waals surface area contributed by atoms with Gasteiger partial charge in [0.15, 0.2) is 0 Å². The monoisotopic (exact) mass is 570 g/mol. The highest BCUT2D eigenvalue weighted by atomic mass is 35.5. The topological polar surface area (TPSA) is 101 Å². The SMILES string of the molecule is CCN1CCN(Cc2ccc(NC(=O)c3cc(Cl)cc(NC(=O)c4cncc(C#N)c4)c3)cc2C(F)(F)F)CC1. The summed E-state index contributed by atoms with van der Waals surface area (Å²) in [5.74, 6) is -1.29. The molecular formula is C28H26ClF3N6O2. The second kappa shape index (κ2) is 12.5. The molecule has 0 spiro atoms. The number of nitriles is 1. The van der Waals surface area contributed by atoms with Gasteiger partial charge in [-0.1, -0.05) is 24.6 Å². The fourth-order valence-electron chi connectivity index (χ4n) is 4.39. The smallest absolute Gasteiger partial charge is 0.322 e. The van der Waals surface area contributed by atoms with Gasteiger partial charge in [0.05, 0.1) is 16.7 Å². The largest absolute Gasteiger partial charge is 0.416 e. The summed E-state index contributed by atoms with van der Waals surface area (Å²) in [6, 6.07) is 11.1. The number of alkyl halides is 3. The summed E-state index contributed by atoms with van der Waals surface area (Å²) in [7, 11) is 0. The Labute approximate surface area is 234 Å². The number of carbonyl (C=O) groups excluding carboxylic acids is 2. The zero-order valence-electron chi connectivity index (χ0n) is 21.6. The maximum Gasteiger partial charge on any atom is 0.416 e. The lowest BCUT2D eigenvalue weighted by molar-refractivity contribution is -0.138. The zero-order chi connectivity index (χ0) is 28.9. The number of benzene rings is 2. The van der Waals surface area contributed by atoms with Crippen LogP contribution in [-0.2, 0) is 12.7 Å². The van der Waals surface area contributed by atoms with Gasteiger partial charge in [0.1, 0.15) is 6.07 Å². The third-order valence-corrected chi connectivity index (χ3v) is 6.74. The number of anilines is 2. The number of carbonyl (C=O) groups is 2. The normalized spacial score (nSPS) is 14.4. The highest BCUT2D eigenvalue weighted by molar-refractivity contribution is 6.31.